The van der Waals surface area contributed by atoms with E-state index < -0.39 is 0 Å². The average molecular weight is 359 g/mol. The van der Waals surface area contributed by atoms with Crippen LogP contribution in [-0.4, -0.2) is 29.6 Å². The second kappa shape index (κ2) is 7.76. The van der Waals surface area contributed by atoms with Crippen molar-refractivity contribution < 1.29 is 4.74 Å². The van der Waals surface area contributed by atoms with E-state index in [-0.39, 0.29) is 12.4 Å². The summed E-state index contributed by atoms with van der Waals surface area (Å²) < 4.78 is 7.43. The third-order valence-electron chi connectivity index (χ3n) is 4.59. The molecule has 5 nitrogen and oxygen atoms in total. The quantitative estimate of drug-likeness (QED) is 0.740. The Morgan fingerprint density at radius 3 is 2.96 bits per heavy atom. The van der Waals surface area contributed by atoms with Gasteiger partial charge in [-0.1, -0.05) is 12.1 Å². The standard InChI is InChI=1S/C19H22N4O.ClH/c1-24-16-8-4-7-15(12-16)21-19-22-18(14-6-5-10-20-13-14)17-9-2-3-11-23(17)19;/h2-4,7-9,11-12,14,20H,5-6,10,13H2,1H3,(H,21,22);1H. The van der Waals surface area contributed by atoms with Crippen LogP contribution in [0.3, 0.4) is 0 Å². The van der Waals surface area contributed by atoms with Gasteiger partial charge in [-0.3, -0.25) is 4.40 Å². The van der Waals surface area contributed by atoms with Crippen LogP contribution in [0.4, 0.5) is 11.6 Å². The number of rotatable bonds is 4. The minimum atomic E-state index is 0. The van der Waals surface area contributed by atoms with Crippen LogP contribution >= 0.6 is 12.4 Å². The van der Waals surface area contributed by atoms with E-state index in [9.17, 15) is 0 Å². The summed E-state index contributed by atoms with van der Waals surface area (Å²) in [6.45, 7) is 2.11. The molecule has 0 bridgehead atoms. The van der Waals surface area contributed by atoms with Crippen molar-refractivity contribution in [2.45, 2.75) is 18.8 Å². The largest absolute Gasteiger partial charge is 0.497 e. The van der Waals surface area contributed by atoms with Crippen molar-refractivity contribution >= 4 is 29.6 Å². The van der Waals surface area contributed by atoms with E-state index in [0.717, 1.165) is 30.5 Å². The zero-order valence-electron chi connectivity index (χ0n) is 14.2. The molecule has 2 N–H and O–H groups in total. The van der Waals surface area contributed by atoms with Gasteiger partial charge in [0.05, 0.1) is 18.3 Å². The molecule has 132 valence electrons. The number of anilines is 2. The van der Waals surface area contributed by atoms with E-state index >= 15 is 0 Å². The Balaban J connectivity index is 0.00000182. The Morgan fingerprint density at radius 2 is 2.16 bits per heavy atom. The lowest BCUT2D eigenvalue weighted by Gasteiger charge is -2.21. The summed E-state index contributed by atoms with van der Waals surface area (Å²) in [5, 5.41) is 6.92. The molecule has 6 heteroatoms. The SMILES string of the molecule is COc1cccc(Nc2nc(C3CCCNC3)c3ccccn23)c1.Cl. The molecule has 25 heavy (non-hydrogen) atoms. The Hall–Kier alpha value is -2.24. The maximum absolute atomic E-state index is 5.30. The number of nitrogens with one attached hydrogen (secondary N) is 2. The van der Waals surface area contributed by atoms with Crippen LogP contribution in [0, 0.1) is 0 Å². The van der Waals surface area contributed by atoms with Crippen molar-refractivity contribution in [3.05, 3.63) is 54.4 Å². The molecule has 2 aromatic heterocycles. The van der Waals surface area contributed by atoms with Gasteiger partial charge in [0.1, 0.15) is 5.75 Å². The zero-order valence-corrected chi connectivity index (χ0v) is 15.1. The summed E-state index contributed by atoms with van der Waals surface area (Å²) in [5.41, 5.74) is 3.32. The van der Waals surface area contributed by atoms with E-state index in [1.807, 2.05) is 30.3 Å². The van der Waals surface area contributed by atoms with Gasteiger partial charge in [0.25, 0.3) is 0 Å². The number of hydrogen-bond donors (Lipinski definition) is 2. The summed E-state index contributed by atoms with van der Waals surface area (Å²) in [6, 6.07) is 14.2. The first kappa shape index (κ1) is 17.6. The normalized spacial score (nSPS) is 17.1. The lowest BCUT2D eigenvalue weighted by atomic mass is 9.95. The molecule has 3 aromatic rings. The molecule has 0 amide bonds. The average Bonchev–Trinajstić information content (AvgIpc) is 3.01. The number of pyridine rings is 1. The maximum atomic E-state index is 5.30. The molecule has 0 saturated carbocycles. The third-order valence-corrected chi connectivity index (χ3v) is 4.59. The van der Waals surface area contributed by atoms with E-state index in [2.05, 4.69) is 33.4 Å². The van der Waals surface area contributed by atoms with Gasteiger partial charge in [-0.15, -0.1) is 12.4 Å². The summed E-state index contributed by atoms with van der Waals surface area (Å²) in [4.78, 5) is 4.93. The molecule has 3 heterocycles. The van der Waals surface area contributed by atoms with Gasteiger partial charge in [-0.2, -0.15) is 0 Å². The molecule has 1 atom stereocenters. The topological polar surface area (TPSA) is 50.6 Å². The van der Waals surface area contributed by atoms with Crippen molar-refractivity contribution in [3.8, 4) is 5.75 Å². The van der Waals surface area contributed by atoms with Crippen molar-refractivity contribution in [1.29, 1.82) is 0 Å². The fraction of sp³-hybridized carbons (Fsp3) is 0.316. The van der Waals surface area contributed by atoms with Crippen LogP contribution in [0.1, 0.15) is 24.5 Å². The molecule has 0 aliphatic carbocycles. The Kier molecular flexibility index (Phi) is 5.46. The minimum absolute atomic E-state index is 0. The number of ether oxygens (including phenoxy) is 1. The number of piperidine rings is 1. The van der Waals surface area contributed by atoms with Gasteiger partial charge in [-0.05, 0) is 43.7 Å². The van der Waals surface area contributed by atoms with Crippen LogP contribution in [0.25, 0.3) is 5.52 Å². The van der Waals surface area contributed by atoms with Crippen molar-refractivity contribution in [1.82, 2.24) is 14.7 Å². The molecule has 4 rings (SSSR count). The Morgan fingerprint density at radius 1 is 1.24 bits per heavy atom. The molecule has 0 spiro atoms. The first-order chi connectivity index (χ1) is 11.8. The van der Waals surface area contributed by atoms with E-state index in [1.54, 1.807) is 7.11 Å². The first-order valence-corrected chi connectivity index (χ1v) is 8.44. The van der Waals surface area contributed by atoms with Gasteiger partial charge in [0, 0.05) is 30.4 Å². The number of benzene rings is 1. The van der Waals surface area contributed by atoms with Gasteiger partial charge in [0.2, 0.25) is 5.95 Å². The zero-order chi connectivity index (χ0) is 16.4. The lowest BCUT2D eigenvalue weighted by Crippen LogP contribution is -2.28. The van der Waals surface area contributed by atoms with Gasteiger partial charge in [0.15, 0.2) is 0 Å². The number of methoxy groups -OCH3 is 1. The summed E-state index contributed by atoms with van der Waals surface area (Å²) in [5.74, 6) is 2.15. The second-order valence-electron chi connectivity index (χ2n) is 6.18. The Labute approximate surface area is 153 Å². The van der Waals surface area contributed by atoms with Crippen LogP contribution in [0.5, 0.6) is 5.75 Å². The molecule has 1 saturated heterocycles. The number of nitrogens with zero attached hydrogens (tertiary/aromatic N) is 2. The lowest BCUT2D eigenvalue weighted by molar-refractivity contribution is 0.415. The summed E-state index contributed by atoms with van der Waals surface area (Å²) in [7, 11) is 1.68. The third kappa shape index (κ3) is 3.57. The molecule has 1 aromatic carbocycles. The fourth-order valence-electron chi connectivity index (χ4n) is 3.37. The molecule has 1 fully saturated rings. The Bertz CT molecular complexity index is 842. The summed E-state index contributed by atoms with van der Waals surface area (Å²) in [6.07, 6.45) is 4.45. The van der Waals surface area contributed by atoms with Crippen LogP contribution in [0.2, 0.25) is 0 Å². The molecule has 1 aliphatic heterocycles. The first-order valence-electron chi connectivity index (χ1n) is 8.44. The highest BCUT2D eigenvalue weighted by atomic mass is 35.5. The predicted molar refractivity (Wildman–Crippen MR) is 104 cm³/mol. The number of aromatic nitrogens is 2. The van der Waals surface area contributed by atoms with Gasteiger partial charge in [-0.25, -0.2) is 4.98 Å². The highest BCUT2D eigenvalue weighted by molar-refractivity contribution is 5.85. The van der Waals surface area contributed by atoms with Crippen LogP contribution in [-0.2, 0) is 0 Å². The minimum Gasteiger partial charge on any atom is -0.497 e. The van der Waals surface area contributed by atoms with E-state index in [0.29, 0.717) is 5.92 Å². The van der Waals surface area contributed by atoms with Crippen molar-refractivity contribution in [2.75, 3.05) is 25.5 Å². The predicted octanol–water partition coefficient (Wildman–Crippen LogP) is 3.98. The summed E-state index contributed by atoms with van der Waals surface area (Å²) >= 11 is 0. The van der Waals surface area contributed by atoms with Crippen LogP contribution < -0.4 is 15.4 Å². The monoisotopic (exact) mass is 358 g/mol. The van der Waals surface area contributed by atoms with Crippen molar-refractivity contribution in [3.63, 3.8) is 0 Å². The smallest absolute Gasteiger partial charge is 0.212 e. The molecule has 0 radical (unpaired) electrons. The number of imidazole rings is 1. The van der Waals surface area contributed by atoms with Gasteiger partial charge >= 0.3 is 0 Å². The number of hydrogen-bond acceptors (Lipinski definition) is 4. The molecular formula is C19H23ClN4O. The maximum Gasteiger partial charge on any atom is 0.212 e. The number of halogens is 1. The van der Waals surface area contributed by atoms with Gasteiger partial charge < -0.3 is 15.4 Å². The molecule has 1 unspecified atom stereocenters. The van der Waals surface area contributed by atoms with Crippen LogP contribution in [0.15, 0.2) is 48.7 Å². The highest BCUT2D eigenvalue weighted by Crippen LogP contribution is 2.30. The molecular weight excluding hydrogens is 336 g/mol. The second-order valence-corrected chi connectivity index (χ2v) is 6.18. The van der Waals surface area contributed by atoms with Crippen molar-refractivity contribution in [2.24, 2.45) is 0 Å². The fourth-order valence-corrected chi connectivity index (χ4v) is 3.37. The highest BCUT2D eigenvalue weighted by Gasteiger charge is 2.21. The van der Waals surface area contributed by atoms with E-state index in [1.165, 1.54) is 24.1 Å². The molecule has 1 aliphatic rings. The van der Waals surface area contributed by atoms with E-state index in [4.69, 9.17) is 9.72 Å². The number of fused-ring (bicyclic) bond motifs is 1.